The number of aryl methyl sites for hydroxylation is 1. The van der Waals surface area contributed by atoms with Crippen molar-refractivity contribution in [2.75, 3.05) is 25.0 Å². The second-order valence-corrected chi connectivity index (χ2v) is 6.03. The monoisotopic (exact) mass is 260 g/mol. The summed E-state index contributed by atoms with van der Waals surface area (Å²) in [6, 6.07) is 9.35. The van der Waals surface area contributed by atoms with E-state index < -0.39 is 0 Å². The van der Waals surface area contributed by atoms with Crippen LogP contribution in [0.15, 0.2) is 24.3 Å². The third kappa shape index (κ3) is 3.97. The second kappa shape index (κ2) is 6.95. The molecule has 0 heterocycles. The van der Waals surface area contributed by atoms with Gasteiger partial charge in [-0.15, -0.1) is 0 Å². The number of hydrogen-bond donors (Lipinski definition) is 1. The Morgan fingerprint density at radius 1 is 1.21 bits per heavy atom. The van der Waals surface area contributed by atoms with E-state index in [9.17, 15) is 0 Å². The van der Waals surface area contributed by atoms with Gasteiger partial charge in [-0.1, -0.05) is 38.0 Å². The second-order valence-electron chi connectivity index (χ2n) is 6.03. The van der Waals surface area contributed by atoms with Crippen LogP contribution in [0.25, 0.3) is 0 Å². The third-order valence-electron chi connectivity index (χ3n) is 4.49. The predicted octanol–water partition coefficient (Wildman–Crippen LogP) is 3.60. The minimum atomic E-state index is 0.735. The van der Waals surface area contributed by atoms with E-state index in [0.717, 1.165) is 25.0 Å². The van der Waals surface area contributed by atoms with Gasteiger partial charge in [-0.05, 0) is 37.3 Å². The largest absolute Gasteiger partial charge is 0.373 e. The fourth-order valence-electron chi connectivity index (χ4n) is 3.15. The molecule has 0 spiro atoms. The highest BCUT2D eigenvalue weighted by Gasteiger charge is 2.20. The summed E-state index contributed by atoms with van der Waals surface area (Å²) in [5.41, 5.74) is 2.71. The van der Waals surface area contributed by atoms with Crippen LogP contribution < -0.4 is 10.2 Å². The van der Waals surface area contributed by atoms with Crippen molar-refractivity contribution in [3.05, 3.63) is 29.8 Å². The van der Waals surface area contributed by atoms with Gasteiger partial charge >= 0.3 is 0 Å². The van der Waals surface area contributed by atoms with Crippen LogP contribution in [0.5, 0.6) is 0 Å². The summed E-state index contributed by atoms with van der Waals surface area (Å²) in [4.78, 5) is 2.36. The molecule has 1 aromatic carbocycles. The van der Waals surface area contributed by atoms with Crippen molar-refractivity contribution in [1.29, 1.82) is 0 Å². The first-order valence-corrected chi connectivity index (χ1v) is 7.68. The van der Waals surface area contributed by atoms with Crippen LogP contribution >= 0.6 is 0 Å². The minimum absolute atomic E-state index is 0.735. The number of likely N-dealkylation sites (N-methyl/N-ethyl adjacent to an activating group) is 1. The van der Waals surface area contributed by atoms with Gasteiger partial charge in [-0.25, -0.2) is 0 Å². The van der Waals surface area contributed by atoms with Gasteiger partial charge in [0.1, 0.15) is 0 Å². The highest BCUT2D eigenvalue weighted by Crippen LogP contribution is 2.23. The van der Waals surface area contributed by atoms with E-state index in [-0.39, 0.29) is 0 Å². The Hall–Kier alpha value is -1.02. The van der Waals surface area contributed by atoms with Crippen LogP contribution in [0, 0.1) is 12.8 Å². The molecule has 0 bridgehead atoms. The number of benzene rings is 1. The smallest absolute Gasteiger partial charge is 0.0393 e. The molecule has 106 valence electrons. The van der Waals surface area contributed by atoms with Gasteiger partial charge in [0, 0.05) is 31.9 Å². The highest BCUT2D eigenvalue weighted by molar-refractivity contribution is 5.52. The summed E-state index contributed by atoms with van der Waals surface area (Å²) in [5.74, 6) is 0.845. The molecule has 2 heteroatoms. The lowest BCUT2D eigenvalue weighted by atomic mass is 9.86. The molecule has 1 saturated carbocycles. The molecule has 2 atom stereocenters. The quantitative estimate of drug-likeness (QED) is 0.870. The lowest BCUT2D eigenvalue weighted by molar-refractivity contribution is 0.283. The molecular formula is C17H28N2. The Kier molecular flexibility index (Phi) is 5.26. The van der Waals surface area contributed by atoms with Crippen molar-refractivity contribution < 1.29 is 0 Å². The maximum Gasteiger partial charge on any atom is 0.0393 e. The normalized spacial score (nSPS) is 23.3. The lowest BCUT2D eigenvalue weighted by Gasteiger charge is -2.31. The maximum absolute atomic E-state index is 3.75. The molecule has 2 rings (SSSR count). The standard InChI is InChI=1S/C17H28N2/c1-14-8-4-6-10-16(14)18-12-13-19(3)17-11-7-5-9-15(17)2/h5,7,9,11,14,16,18H,4,6,8,10,12-13H2,1-3H3. The number of nitrogens with one attached hydrogen (secondary N) is 1. The number of hydrogen-bond acceptors (Lipinski definition) is 2. The van der Waals surface area contributed by atoms with E-state index in [4.69, 9.17) is 0 Å². The van der Waals surface area contributed by atoms with E-state index in [1.165, 1.54) is 36.9 Å². The van der Waals surface area contributed by atoms with E-state index in [1.807, 2.05) is 0 Å². The predicted molar refractivity (Wildman–Crippen MR) is 83.9 cm³/mol. The highest BCUT2D eigenvalue weighted by atomic mass is 15.1. The topological polar surface area (TPSA) is 15.3 Å². The Balaban J connectivity index is 1.77. The van der Waals surface area contributed by atoms with Crippen LogP contribution in [-0.2, 0) is 0 Å². The van der Waals surface area contributed by atoms with Gasteiger partial charge in [0.15, 0.2) is 0 Å². The zero-order valence-corrected chi connectivity index (χ0v) is 12.7. The molecule has 0 radical (unpaired) electrons. The Bertz CT molecular complexity index is 389. The first kappa shape index (κ1) is 14.4. The minimum Gasteiger partial charge on any atom is -0.373 e. The van der Waals surface area contributed by atoms with Crippen molar-refractivity contribution in [2.24, 2.45) is 5.92 Å². The molecule has 2 nitrogen and oxygen atoms in total. The van der Waals surface area contributed by atoms with Crippen LogP contribution in [0.2, 0.25) is 0 Å². The van der Waals surface area contributed by atoms with Gasteiger partial charge in [0.25, 0.3) is 0 Å². The summed E-state index contributed by atoms with van der Waals surface area (Å²) in [6.45, 7) is 6.73. The van der Waals surface area contributed by atoms with Gasteiger partial charge in [0.05, 0.1) is 0 Å². The van der Waals surface area contributed by atoms with Crippen molar-refractivity contribution in [3.63, 3.8) is 0 Å². The molecule has 1 N–H and O–H groups in total. The molecule has 0 amide bonds. The van der Waals surface area contributed by atoms with Crippen molar-refractivity contribution in [1.82, 2.24) is 5.32 Å². The molecule has 0 aromatic heterocycles. The van der Waals surface area contributed by atoms with Gasteiger partial charge < -0.3 is 10.2 Å². The first-order valence-electron chi connectivity index (χ1n) is 7.68. The first-order chi connectivity index (χ1) is 9.18. The lowest BCUT2D eigenvalue weighted by Crippen LogP contribution is -2.41. The fourth-order valence-corrected chi connectivity index (χ4v) is 3.15. The molecule has 1 fully saturated rings. The number of nitrogens with zero attached hydrogens (tertiary/aromatic N) is 1. The summed E-state index contributed by atoms with van der Waals surface area (Å²) in [7, 11) is 2.19. The van der Waals surface area contributed by atoms with Gasteiger partial charge in [-0.2, -0.15) is 0 Å². The van der Waals surface area contributed by atoms with Crippen molar-refractivity contribution >= 4 is 5.69 Å². The summed E-state index contributed by atoms with van der Waals surface area (Å²) in [6.07, 6.45) is 5.57. The zero-order chi connectivity index (χ0) is 13.7. The van der Waals surface area contributed by atoms with Crippen LogP contribution in [0.4, 0.5) is 5.69 Å². The average Bonchev–Trinajstić information content (AvgIpc) is 2.41. The van der Waals surface area contributed by atoms with E-state index in [0.29, 0.717) is 0 Å². The van der Waals surface area contributed by atoms with Crippen LogP contribution in [0.1, 0.15) is 38.2 Å². The summed E-state index contributed by atoms with van der Waals surface area (Å²) >= 11 is 0. The SMILES string of the molecule is Cc1ccccc1N(C)CCNC1CCCCC1C. The Morgan fingerprint density at radius 2 is 1.95 bits per heavy atom. The third-order valence-corrected chi connectivity index (χ3v) is 4.49. The molecule has 19 heavy (non-hydrogen) atoms. The summed E-state index contributed by atoms with van der Waals surface area (Å²) < 4.78 is 0. The number of rotatable bonds is 5. The molecule has 0 saturated heterocycles. The van der Waals surface area contributed by atoms with Crippen LogP contribution in [-0.4, -0.2) is 26.2 Å². The van der Waals surface area contributed by atoms with Crippen LogP contribution in [0.3, 0.4) is 0 Å². The summed E-state index contributed by atoms with van der Waals surface area (Å²) in [5, 5.41) is 3.75. The molecule has 1 aliphatic carbocycles. The van der Waals surface area contributed by atoms with Crippen molar-refractivity contribution in [3.8, 4) is 0 Å². The molecule has 1 aromatic rings. The van der Waals surface area contributed by atoms with Gasteiger partial charge in [0.2, 0.25) is 0 Å². The van der Waals surface area contributed by atoms with E-state index in [1.54, 1.807) is 0 Å². The number of para-hydroxylation sites is 1. The molecule has 1 aliphatic rings. The zero-order valence-electron chi connectivity index (χ0n) is 12.7. The van der Waals surface area contributed by atoms with Gasteiger partial charge in [-0.3, -0.25) is 0 Å². The Labute approximate surface area is 118 Å². The number of anilines is 1. The molecule has 2 unspecified atom stereocenters. The molecular weight excluding hydrogens is 232 g/mol. The average molecular weight is 260 g/mol. The van der Waals surface area contributed by atoms with E-state index >= 15 is 0 Å². The van der Waals surface area contributed by atoms with E-state index in [2.05, 4.69) is 55.4 Å². The van der Waals surface area contributed by atoms with Crippen molar-refractivity contribution in [2.45, 2.75) is 45.6 Å². The molecule has 0 aliphatic heterocycles. The fraction of sp³-hybridized carbons (Fsp3) is 0.647. The maximum atomic E-state index is 3.75. The Morgan fingerprint density at radius 3 is 2.68 bits per heavy atom.